The minimum Gasteiger partial charge on any atom is -0.444 e. The van der Waals surface area contributed by atoms with E-state index in [1.54, 1.807) is 27.7 Å². The third kappa shape index (κ3) is 4.51. The van der Waals surface area contributed by atoms with E-state index < -0.39 is 17.8 Å². The highest BCUT2D eigenvalue weighted by molar-refractivity contribution is 8.00. The summed E-state index contributed by atoms with van der Waals surface area (Å²) in [5.41, 5.74) is 2.14. The molecule has 2 aromatic carbocycles. The highest BCUT2D eigenvalue weighted by atomic mass is 32.2. The van der Waals surface area contributed by atoms with Crippen LogP contribution in [0.25, 0.3) is 10.9 Å². The van der Waals surface area contributed by atoms with Crippen LogP contribution in [0.2, 0.25) is 0 Å². The molecule has 3 aliphatic heterocycles. The summed E-state index contributed by atoms with van der Waals surface area (Å²) >= 11 is 1.46. The van der Waals surface area contributed by atoms with E-state index in [1.807, 2.05) is 12.1 Å². The number of carbonyl (C=O) groups is 3. The molecule has 3 amide bonds. The summed E-state index contributed by atoms with van der Waals surface area (Å²) in [7, 11) is 0. The lowest BCUT2D eigenvalue weighted by atomic mass is 9.96. The van der Waals surface area contributed by atoms with Gasteiger partial charge in [-0.25, -0.2) is 9.18 Å². The van der Waals surface area contributed by atoms with Crippen molar-refractivity contribution in [3.63, 3.8) is 0 Å². The first kappa shape index (κ1) is 24.5. The fourth-order valence-corrected chi connectivity index (χ4v) is 6.21. The van der Waals surface area contributed by atoms with Crippen molar-refractivity contribution in [2.75, 3.05) is 29.1 Å². The predicted octanol–water partition coefficient (Wildman–Crippen LogP) is 3.59. The van der Waals surface area contributed by atoms with Gasteiger partial charge in [0.15, 0.2) is 0 Å². The quantitative estimate of drug-likeness (QED) is 0.447. The summed E-state index contributed by atoms with van der Waals surface area (Å²) in [4.78, 5) is 51.6. The molecule has 0 unspecified atom stereocenters. The van der Waals surface area contributed by atoms with Crippen molar-refractivity contribution in [1.82, 2.24) is 9.88 Å². The van der Waals surface area contributed by atoms with E-state index in [2.05, 4.69) is 10.6 Å². The summed E-state index contributed by atoms with van der Waals surface area (Å²) in [5.74, 6) is -0.723. The van der Waals surface area contributed by atoms with E-state index in [1.165, 1.54) is 23.9 Å². The maximum atomic E-state index is 14.6. The summed E-state index contributed by atoms with van der Waals surface area (Å²) in [5, 5.41) is 6.48. The second kappa shape index (κ2) is 9.79. The first-order chi connectivity index (χ1) is 18.4. The van der Waals surface area contributed by atoms with Gasteiger partial charge in [0.05, 0.1) is 23.5 Å². The maximum absolute atomic E-state index is 14.6. The van der Waals surface area contributed by atoms with E-state index in [4.69, 9.17) is 4.74 Å². The van der Waals surface area contributed by atoms with E-state index in [9.17, 15) is 23.6 Å². The number of rotatable bonds is 7. The van der Waals surface area contributed by atoms with Gasteiger partial charge in [-0.2, -0.15) is 0 Å². The molecule has 1 aromatic heterocycles. The Hall–Kier alpha value is -3.86. The fraction of sp³-hybridized carbons (Fsp3) is 0.333. The molecule has 1 saturated heterocycles. The number of carbonyl (C=O) groups excluding carboxylic acids is 3. The van der Waals surface area contributed by atoms with Gasteiger partial charge in [-0.3, -0.25) is 19.3 Å². The molecular weight excluding hydrogens is 511 g/mol. The van der Waals surface area contributed by atoms with Crippen LogP contribution in [0.5, 0.6) is 0 Å². The SMILES string of the molecule is O=C(C[C@H]1Cn2c(=O)ccc3ccc(F)c1c32)NCCC[C@@H]1CN(c2ccc3c(c2)NC(=O)CS3)C(=O)O1. The number of nitrogens with zero attached hydrogens (tertiary/aromatic N) is 2. The first-order valence-electron chi connectivity index (χ1n) is 12.5. The summed E-state index contributed by atoms with van der Waals surface area (Å²) in [6.45, 7) is 1.05. The molecule has 196 valence electrons. The third-order valence-corrected chi connectivity index (χ3v) is 8.26. The van der Waals surface area contributed by atoms with Crippen molar-refractivity contribution in [3.05, 3.63) is 64.2 Å². The molecule has 0 aliphatic carbocycles. The van der Waals surface area contributed by atoms with Crippen LogP contribution in [0.4, 0.5) is 20.6 Å². The molecule has 0 bridgehead atoms. The molecule has 3 aromatic rings. The van der Waals surface area contributed by atoms with Crippen LogP contribution in [0, 0.1) is 5.82 Å². The highest BCUT2D eigenvalue weighted by Crippen LogP contribution is 2.37. The molecule has 9 nitrogen and oxygen atoms in total. The number of benzene rings is 2. The number of cyclic esters (lactones) is 1. The number of hydrogen-bond donors (Lipinski definition) is 2. The lowest BCUT2D eigenvalue weighted by molar-refractivity contribution is -0.121. The topological polar surface area (TPSA) is 110 Å². The Labute approximate surface area is 221 Å². The Morgan fingerprint density at radius 1 is 1.13 bits per heavy atom. The van der Waals surface area contributed by atoms with Gasteiger partial charge in [-0.05, 0) is 54.6 Å². The minimum atomic E-state index is -0.444. The van der Waals surface area contributed by atoms with Crippen molar-refractivity contribution >= 4 is 51.9 Å². The number of halogens is 1. The minimum absolute atomic E-state index is 0.0721. The number of thioether (sulfide) groups is 1. The van der Waals surface area contributed by atoms with E-state index in [0.29, 0.717) is 54.1 Å². The lowest BCUT2D eigenvalue weighted by Gasteiger charge is -2.20. The second-order valence-electron chi connectivity index (χ2n) is 9.71. The van der Waals surface area contributed by atoms with E-state index >= 15 is 0 Å². The van der Waals surface area contributed by atoms with Crippen molar-refractivity contribution in [2.24, 2.45) is 0 Å². The Balaban J connectivity index is 1.00. The summed E-state index contributed by atoms with van der Waals surface area (Å²) < 4.78 is 21.7. The zero-order valence-corrected chi connectivity index (χ0v) is 21.2. The number of pyridine rings is 1. The van der Waals surface area contributed by atoms with Gasteiger partial charge in [-0.15, -0.1) is 11.8 Å². The number of ether oxygens (including phenoxy) is 1. The number of hydrogen-bond acceptors (Lipinski definition) is 6. The maximum Gasteiger partial charge on any atom is 0.414 e. The van der Waals surface area contributed by atoms with Crippen LogP contribution < -0.4 is 21.1 Å². The van der Waals surface area contributed by atoms with Crippen LogP contribution >= 0.6 is 11.8 Å². The lowest BCUT2D eigenvalue weighted by Crippen LogP contribution is -2.28. The molecule has 0 saturated carbocycles. The molecule has 11 heteroatoms. The fourth-order valence-electron chi connectivity index (χ4n) is 5.42. The van der Waals surface area contributed by atoms with Crippen LogP contribution in [-0.2, 0) is 20.9 Å². The number of amides is 3. The van der Waals surface area contributed by atoms with Gasteiger partial charge in [-0.1, -0.05) is 0 Å². The molecular formula is C27H25FN4O5S. The molecule has 38 heavy (non-hydrogen) atoms. The van der Waals surface area contributed by atoms with Crippen molar-refractivity contribution < 1.29 is 23.5 Å². The van der Waals surface area contributed by atoms with Gasteiger partial charge in [0.1, 0.15) is 11.9 Å². The number of anilines is 2. The Morgan fingerprint density at radius 3 is 2.84 bits per heavy atom. The summed E-state index contributed by atoms with van der Waals surface area (Å²) in [6, 6.07) is 11.7. The highest BCUT2D eigenvalue weighted by Gasteiger charge is 2.33. The second-order valence-corrected chi connectivity index (χ2v) is 10.7. The van der Waals surface area contributed by atoms with Gasteiger partial charge in [0, 0.05) is 47.6 Å². The molecule has 2 N–H and O–H groups in total. The van der Waals surface area contributed by atoms with E-state index in [0.717, 1.165) is 10.3 Å². The standard InChI is InChI=1S/C27H25FN4O5S/c28-19-6-3-15-4-8-24(35)32-12-16(25(19)26(15)32)10-22(33)29-9-1-2-18-13-31(27(36)37-18)17-5-7-21-20(11-17)30-23(34)14-38-21/h3-8,11,16,18H,1-2,9-10,12-14H2,(H,29,33)(H,30,34)/t16-,18+/m0/s1. The molecule has 1 fully saturated rings. The molecule has 0 radical (unpaired) electrons. The van der Waals surface area contributed by atoms with Crippen LogP contribution in [0.15, 0.2) is 52.2 Å². The molecule has 2 atom stereocenters. The smallest absolute Gasteiger partial charge is 0.414 e. The average molecular weight is 537 g/mol. The average Bonchev–Trinajstić information content (AvgIpc) is 3.47. The van der Waals surface area contributed by atoms with Crippen molar-refractivity contribution in [2.45, 2.75) is 42.7 Å². The molecule has 3 aliphatic rings. The molecule has 4 heterocycles. The molecule has 6 rings (SSSR count). The zero-order valence-electron chi connectivity index (χ0n) is 20.4. The molecule has 0 spiro atoms. The predicted molar refractivity (Wildman–Crippen MR) is 141 cm³/mol. The monoisotopic (exact) mass is 536 g/mol. The van der Waals surface area contributed by atoms with E-state index in [-0.39, 0.29) is 36.4 Å². The number of fused-ring (bicyclic) bond motifs is 1. The third-order valence-electron chi connectivity index (χ3n) is 7.19. The number of aromatic nitrogens is 1. The normalized spacial score (nSPS) is 19.9. The summed E-state index contributed by atoms with van der Waals surface area (Å²) in [6.07, 6.45) is 0.487. The first-order valence-corrected chi connectivity index (χ1v) is 13.5. The zero-order chi connectivity index (χ0) is 26.4. The Morgan fingerprint density at radius 2 is 1.97 bits per heavy atom. The number of nitrogens with one attached hydrogen (secondary N) is 2. The largest absolute Gasteiger partial charge is 0.444 e. The van der Waals surface area contributed by atoms with Gasteiger partial charge in [0.25, 0.3) is 5.56 Å². The van der Waals surface area contributed by atoms with Crippen molar-refractivity contribution in [1.29, 1.82) is 0 Å². The van der Waals surface area contributed by atoms with Gasteiger partial charge >= 0.3 is 6.09 Å². The van der Waals surface area contributed by atoms with Gasteiger partial charge < -0.3 is 19.9 Å². The Bertz CT molecular complexity index is 1540. The van der Waals surface area contributed by atoms with Crippen molar-refractivity contribution in [3.8, 4) is 0 Å². The van der Waals surface area contributed by atoms with Crippen LogP contribution in [0.3, 0.4) is 0 Å². The van der Waals surface area contributed by atoms with Crippen LogP contribution in [0.1, 0.15) is 30.7 Å². The van der Waals surface area contributed by atoms with Crippen LogP contribution in [-0.4, -0.2) is 47.4 Å². The Kier molecular flexibility index (Phi) is 6.30. The van der Waals surface area contributed by atoms with Gasteiger partial charge in [0.2, 0.25) is 11.8 Å².